The molecule has 0 saturated carbocycles. The van der Waals surface area contributed by atoms with E-state index in [1.807, 2.05) is 0 Å². The first kappa shape index (κ1) is 12.5. The largest absolute Gasteiger partial charge is 0.463 e. The molecular weight excluding hydrogens is 230 g/mol. The van der Waals surface area contributed by atoms with Gasteiger partial charge in [-0.15, -0.1) is 11.3 Å². The molecule has 0 aliphatic heterocycles. The Bertz CT molecular complexity index is 450. The number of carbonyl (C=O) groups excluding carboxylic acids is 3. The predicted octanol–water partition coefficient (Wildman–Crippen LogP) is 1.07. The van der Waals surface area contributed by atoms with Crippen molar-refractivity contribution in [1.29, 1.82) is 0 Å². The summed E-state index contributed by atoms with van der Waals surface area (Å²) in [6, 6.07) is 0. The lowest BCUT2D eigenvalue weighted by Gasteiger charge is -1.97. The highest BCUT2D eigenvalue weighted by atomic mass is 32.1. The smallest absolute Gasteiger partial charge is 0.374 e. The van der Waals surface area contributed by atoms with Gasteiger partial charge in [0.15, 0.2) is 5.78 Å². The fraction of sp³-hybridized carbons (Fsp3) is 0.400. The summed E-state index contributed by atoms with van der Waals surface area (Å²) in [6.45, 7) is 3.52. The molecule has 0 aliphatic carbocycles. The summed E-state index contributed by atoms with van der Waals surface area (Å²) in [5.74, 6) is -2.30. The zero-order valence-corrected chi connectivity index (χ0v) is 10.0. The number of thiazole rings is 1. The Morgan fingerprint density at radius 2 is 1.94 bits per heavy atom. The van der Waals surface area contributed by atoms with Crippen LogP contribution in [0.3, 0.4) is 0 Å². The quantitative estimate of drug-likeness (QED) is 0.341. The molecule has 5 nitrogen and oxygen atoms in total. The number of aromatic nitrogens is 1. The van der Waals surface area contributed by atoms with Crippen molar-refractivity contribution < 1.29 is 19.1 Å². The third-order valence-corrected chi connectivity index (χ3v) is 2.79. The molecule has 0 saturated heterocycles. The van der Waals surface area contributed by atoms with Gasteiger partial charge in [-0.25, -0.2) is 9.78 Å². The van der Waals surface area contributed by atoms with Gasteiger partial charge in [0.1, 0.15) is 5.69 Å². The van der Waals surface area contributed by atoms with Crippen LogP contribution in [-0.4, -0.2) is 29.6 Å². The number of methoxy groups -OCH3 is 1. The second-order valence-electron chi connectivity index (χ2n) is 3.15. The minimum absolute atomic E-state index is 0.264. The molecule has 0 fully saturated rings. The maximum Gasteiger partial charge on any atom is 0.374 e. The van der Waals surface area contributed by atoms with Crippen LogP contribution in [0.15, 0.2) is 0 Å². The lowest BCUT2D eigenvalue weighted by Crippen LogP contribution is -2.19. The van der Waals surface area contributed by atoms with E-state index in [9.17, 15) is 14.4 Å². The van der Waals surface area contributed by atoms with Crippen LogP contribution in [0.25, 0.3) is 0 Å². The van der Waals surface area contributed by atoms with Gasteiger partial charge in [0.25, 0.3) is 0 Å². The normalized spacial score (nSPS) is 9.94. The third-order valence-electron chi connectivity index (χ3n) is 1.90. The van der Waals surface area contributed by atoms with Crippen molar-refractivity contribution in [1.82, 2.24) is 4.98 Å². The van der Waals surface area contributed by atoms with Crippen molar-refractivity contribution in [3.63, 3.8) is 0 Å². The SMILES string of the molecule is COC(=O)C(=O)CC(=O)c1nc(C)sc1C. The molecule has 0 atom stereocenters. The predicted molar refractivity (Wildman–Crippen MR) is 57.6 cm³/mol. The van der Waals surface area contributed by atoms with Crippen LogP contribution in [-0.2, 0) is 14.3 Å². The minimum atomic E-state index is -1.00. The Kier molecular flexibility index (Phi) is 3.89. The number of Topliss-reactive ketones (excluding diaryl/α,β-unsaturated/α-hetero) is 2. The Morgan fingerprint density at radius 3 is 2.38 bits per heavy atom. The van der Waals surface area contributed by atoms with Crippen LogP contribution in [0.4, 0.5) is 0 Å². The molecule has 0 bridgehead atoms. The van der Waals surface area contributed by atoms with Crippen molar-refractivity contribution >= 4 is 28.9 Å². The molecular formula is C10H11NO4S. The number of ketones is 2. The number of esters is 1. The zero-order valence-electron chi connectivity index (χ0n) is 9.20. The van der Waals surface area contributed by atoms with Crippen LogP contribution in [0, 0.1) is 13.8 Å². The maximum absolute atomic E-state index is 11.6. The van der Waals surface area contributed by atoms with Crippen LogP contribution in [0.5, 0.6) is 0 Å². The first-order valence-corrected chi connectivity index (χ1v) is 5.35. The lowest BCUT2D eigenvalue weighted by atomic mass is 10.1. The van der Waals surface area contributed by atoms with Crippen LogP contribution >= 0.6 is 11.3 Å². The average molecular weight is 241 g/mol. The van der Waals surface area contributed by atoms with Gasteiger partial charge in [-0.05, 0) is 13.8 Å². The highest BCUT2D eigenvalue weighted by Crippen LogP contribution is 2.17. The molecule has 86 valence electrons. The Hall–Kier alpha value is -1.56. The van der Waals surface area contributed by atoms with Gasteiger partial charge in [0.05, 0.1) is 18.5 Å². The van der Waals surface area contributed by atoms with Crippen LogP contribution < -0.4 is 0 Å². The summed E-state index contributed by atoms with van der Waals surface area (Å²) in [5, 5.41) is 0.756. The van der Waals surface area contributed by atoms with E-state index in [-0.39, 0.29) is 5.69 Å². The number of rotatable bonds is 4. The molecule has 1 rings (SSSR count). The molecule has 1 aromatic heterocycles. The fourth-order valence-corrected chi connectivity index (χ4v) is 2.04. The fourth-order valence-electron chi connectivity index (χ4n) is 1.20. The van der Waals surface area contributed by atoms with Crippen molar-refractivity contribution in [2.45, 2.75) is 20.3 Å². The summed E-state index contributed by atoms with van der Waals surface area (Å²) in [5.41, 5.74) is 0.264. The van der Waals surface area contributed by atoms with E-state index >= 15 is 0 Å². The zero-order chi connectivity index (χ0) is 12.3. The van der Waals surface area contributed by atoms with E-state index in [0.29, 0.717) is 0 Å². The number of nitrogens with zero attached hydrogens (tertiary/aromatic N) is 1. The van der Waals surface area contributed by atoms with Crippen molar-refractivity contribution in [3.05, 3.63) is 15.6 Å². The Balaban J connectivity index is 2.77. The van der Waals surface area contributed by atoms with E-state index in [2.05, 4.69) is 9.72 Å². The number of aryl methyl sites for hydroxylation is 2. The second-order valence-corrected chi connectivity index (χ2v) is 4.56. The van der Waals surface area contributed by atoms with Crippen molar-refractivity contribution in [2.24, 2.45) is 0 Å². The molecule has 1 aromatic rings. The molecule has 16 heavy (non-hydrogen) atoms. The monoisotopic (exact) mass is 241 g/mol. The highest BCUT2D eigenvalue weighted by Gasteiger charge is 2.22. The lowest BCUT2D eigenvalue weighted by molar-refractivity contribution is -0.151. The molecule has 1 heterocycles. The summed E-state index contributed by atoms with van der Waals surface area (Å²) >= 11 is 1.38. The molecule has 6 heteroatoms. The second kappa shape index (κ2) is 4.98. The van der Waals surface area contributed by atoms with E-state index in [0.717, 1.165) is 17.0 Å². The molecule has 0 spiro atoms. The minimum Gasteiger partial charge on any atom is -0.463 e. The van der Waals surface area contributed by atoms with Crippen molar-refractivity contribution in [3.8, 4) is 0 Å². The van der Waals surface area contributed by atoms with Gasteiger partial charge in [0.2, 0.25) is 5.78 Å². The first-order valence-electron chi connectivity index (χ1n) is 4.54. The molecule has 0 radical (unpaired) electrons. The molecule has 0 aliphatic rings. The van der Waals surface area contributed by atoms with E-state index in [1.54, 1.807) is 13.8 Å². The van der Waals surface area contributed by atoms with Crippen LogP contribution in [0.2, 0.25) is 0 Å². The van der Waals surface area contributed by atoms with Gasteiger partial charge in [-0.3, -0.25) is 9.59 Å². The van der Waals surface area contributed by atoms with Crippen molar-refractivity contribution in [2.75, 3.05) is 7.11 Å². The third kappa shape index (κ3) is 2.73. The van der Waals surface area contributed by atoms with Gasteiger partial charge < -0.3 is 4.74 Å². The van der Waals surface area contributed by atoms with Gasteiger partial charge in [-0.2, -0.15) is 0 Å². The van der Waals surface area contributed by atoms with Gasteiger partial charge >= 0.3 is 5.97 Å². The first-order chi connectivity index (χ1) is 7.45. The summed E-state index contributed by atoms with van der Waals surface area (Å²) in [4.78, 5) is 38.4. The number of hydrogen-bond acceptors (Lipinski definition) is 6. The number of hydrogen-bond donors (Lipinski definition) is 0. The van der Waals surface area contributed by atoms with Crippen LogP contribution in [0.1, 0.15) is 26.8 Å². The molecule has 0 N–H and O–H groups in total. The molecule has 0 unspecified atom stereocenters. The summed E-state index contributed by atoms with van der Waals surface area (Å²) < 4.78 is 4.23. The topological polar surface area (TPSA) is 73.3 Å². The average Bonchev–Trinajstić information content (AvgIpc) is 2.56. The molecule has 0 aromatic carbocycles. The standard InChI is InChI=1S/C10H11NO4S/c1-5-9(11-6(2)16-5)7(12)4-8(13)10(14)15-3/h4H2,1-3H3. The molecule has 0 amide bonds. The van der Waals surface area contributed by atoms with E-state index in [4.69, 9.17) is 0 Å². The summed E-state index contributed by atoms with van der Waals surface area (Å²) in [6.07, 6.45) is -0.489. The Labute approximate surface area is 96.4 Å². The summed E-state index contributed by atoms with van der Waals surface area (Å²) in [7, 11) is 1.10. The maximum atomic E-state index is 11.6. The Morgan fingerprint density at radius 1 is 1.31 bits per heavy atom. The van der Waals surface area contributed by atoms with Gasteiger partial charge in [0, 0.05) is 4.88 Å². The number of ether oxygens (including phenoxy) is 1. The van der Waals surface area contributed by atoms with E-state index < -0.39 is 24.0 Å². The highest BCUT2D eigenvalue weighted by molar-refractivity contribution is 7.11. The van der Waals surface area contributed by atoms with E-state index in [1.165, 1.54) is 11.3 Å². The van der Waals surface area contributed by atoms with Gasteiger partial charge in [-0.1, -0.05) is 0 Å². The number of carbonyl (C=O) groups is 3.